The number of benzene rings is 1. The first-order valence-electron chi connectivity index (χ1n) is 6.93. The lowest BCUT2D eigenvalue weighted by Gasteiger charge is -2.14. The maximum atomic E-state index is 6.09. The minimum atomic E-state index is 0.345. The zero-order chi connectivity index (χ0) is 13.7. The van der Waals surface area contributed by atoms with Crippen molar-refractivity contribution in [3.8, 4) is 11.5 Å². The minimum absolute atomic E-state index is 0.345. The summed E-state index contributed by atoms with van der Waals surface area (Å²) in [7, 11) is 0. The first-order chi connectivity index (χ1) is 8.99. The van der Waals surface area contributed by atoms with Gasteiger partial charge in [-0.25, -0.2) is 0 Å². The lowest BCUT2D eigenvalue weighted by atomic mass is 9.91. The highest BCUT2D eigenvalue weighted by atomic mass is 35.5. The average Bonchev–Trinajstić information content (AvgIpc) is 2.71. The van der Waals surface area contributed by atoms with Crippen LogP contribution in [0.5, 0.6) is 11.5 Å². The van der Waals surface area contributed by atoms with Crippen molar-refractivity contribution in [2.45, 2.75) is 33.6 Å². The minimum Gasteiger partial charge on any atom is -0.454 e. The van der Waals surface area contributed by atoms with Gasteiger partial charge in [-0.3, -0.25) is 0 Å². The Hall–Kier alpha value is -0.890. The summed E-state index contributed by atoms with van der Waals surface area (Å²) in [5.74, 6) is 3.15. The highest BCUT2D eigenvalue weighted by Crippen LogP contribution is 2.71. The Bertz CT molecular complexity index is 498. The van der Waals surface area contributed by atoms with E-state index in [0.717, 1.165) is 23.8 Å². The Morgan fingerprint density at radius 3 is 2.63 bits per heavy atom. The van der Waals surface area contributed by atoms with Crippen molar-refractivity contribution >= 4 is 11.6 Å². The van der Waals surface area contributed by atoms with Gasteiger partial charge in [-0.1, -0.05) is 26.8 Å². The molecule has 1 aromatic rings. The zero-order valence-corrected chi connectivity index (χ0v) is 12.6. The molecule has 1 aliphatic heterocycles. The van der Waals surface area contributed by atoms with Crippen LogP contribution in [0.2, 0.25) is 0 Å². The number of hydrogen-bond donors (Lipinski definition) is 0. The predicted octanol–water partition coefficient (Wildman–Crippen LogP) is 4.25. The maximum absolute atomic E-state index is 6.09. The molecule has 1 fully saturated rings. The van der Waals surface area contributed by atoms with Crippen molar-refractivity contribution in [2.75, 3.05) is 12.7 Å². The topological polar surface area (TPSA) is 18.5 Å². The van der Waals surface area contributed by atoms with E-state index in [1.165, 1.54) is 12.0 Å². The summed E-state index contributed by atoms with van der Waals surface area (Å²) >= 11 is 6.09. The number of hydrogen-bond acceptors (Lipinski definition) is 2. The van der Waals surface area contributed by atoms with Crippen LogP contribution in [-0.2, 0) is 6.42 Å². The fourth-order valence-electron chi connectivity index (χ4n) is 3.56. The van der Waals surface area contributed by atoms with Crippen LogP contribution in [0.4, 0.5) is 0 Å². The van der Waals surface area contributed by atoms with Crippen LogP contribution in [0.3, 0.4) is 0 Å². The number of aryl methyl sites for hydroxylation is 1. The summed E-state index contributed by atoms with van der Waals surface area (Å²) in [5.41, 5.74) is 2.05. The van der Waals surface area contributed by atoms with Gasteiger partial charge in [0.1, 0.15) is 0 Å². The van der Waals surface area contributed by atoms with Gasteiger partial charge in [0.15, 0.2) is 11.5 Å². The lowest BCUT2D eigenvalue weighted by molar-refractivity contribution is 0.174. The number of ether oxygens (including phenoxy) is 2. The second kappa shape index (κ2) is 4.31. The van der Waals surface area contributed by atoms with E-state index < -0.39 is 0 Å². The Labute approximate surface area is 120 Å². The lowest BCUT2D eigenvalue weighted by Crippen LogP contribution is -2.06. The van der Waals surface area contributed by atoms with Gasteiger partial charge < -0.3 is 9.47 Å². The van der Waals surface area contributed by atoms with Crippen molar-refractivity contribution in [3.63, 3.8) is 0 Å². The Balaban J connectivity index is 1.67. The summed E-state index contributed by atoms with van der Waals surface area (Å²) in [6.07, 6.45) is 2.25. The first kappa shape index (κ1) is 13.1. The van der Waals surface area contributed by atoms with Crippen molar-refractivity contribution in [2.24, 2.45) is 16.7 Å². The van der Waals surface area contributed by atoms with E-state index in [9.17, 15) is 0 Å². The molecule has 2 aliphatic rings. The first-order valence-corrected chi connectivity index (χ1v) is 7.47. The number of fused-ring (bicyclic) bond motifs is 1. The quantitative estimate of drug-likeness (QED) is 0.768. The Morgan fingerprint density at radius 2 is 1.95 bits per heavy atom. The average molecular weight is 281 g/mol. The molecule has 19 heavy (non-hydrogen) atoms. The molecular weight excluding hydrogens is 260 g/mol. The molecule has 0 amide bonds. The third-order valence-corrected chi connectivity index (χ3v) is 5.86. The molecule has 104 valence electrons. The molecule has 2 atom stereocenters. The summed E-state index contributed by atoms with van der Waals surface area (Å²) in [6, 6.07) is 6.26. The molecule has 1 heterocycles. The molecular formula is C16H21ClO2. The van der Waals surface area contributed by atoms with Crippen LogP contribution < -0.4 is 9.47 Å². The molecule has 3 heteroatoms. The van der Waals surface area contributed by atoms with E-state index in [4.69, 9.17) is 21.1 Å². The van der Waals surface area contributed by atoms with Gasteiger partial charge in [0.2, 0.25) is 6.79 Å². The fourth-order valence-corrected chi connectivity index (χ4v) is 4.28. The van der Waals surface area contributed by atoms with Gasteiger partial charge in [-0.2, -0.15) is 0 Å². The van der Waals surface area contributed by atoms with Crippen molar-refractivity contribution in [1.29, 1.82) is 0 Å². The van der Waals surface area contributed by atoms with Crippen LogP contribution in [0.1, 0.15) is 32.8 Å². The molecule has 0 N–H and O–H groups in total. The predicted molar refractivity (Wildman–Crippen MR) is 77.0 cm³/mol. The third kappa shape index (κ3) is 1.92. The molecule has 2 nitrogen and oxygen atoms in total. The highest BCUT2D eigenvalue weighted by Gasteiger charge is 2.66. The summed E-state index contributed by atoms with van der Waals surface area (Å²) in [6.45, 7) is 7.38. The number of alkyl halides is 1. The van der Waals surface area contributed by atoms with Crippen LogP contribution in [0.25, 0.3) is 0 Å². The monoisotopic (exact) mass is 280 g/mol. The Kier molecular flexibility index (Phi) is 2.97. The van der Waals surface area contributed by atoms with Crippen molar-refractivity contribution in [3.05, 3.63) is 23.8 Å². The molecule has 3 rings (SSSR count). The van der Waals surface area contributed by atoms with E-state index in [0.29, 0.717) is 23.5 Å². The number of halogens is 1. The van der Waals surface area contributed by atoms with E-state index in [1.54, 1.807) is 0 Å². The van der Waals surface area contributed by atoms with E-state index in [2.05, 4.69) is 32.9 Å². The van der Waals surface area contributed by atoms with Crippen molar-refractivity contribution in [1.82, 2.24) is 0 Å². The third-order valence-electron chi connectivity index (χ3n) is 5.55. The second-order valence-electron chi connectivity index (χ2n) is 6.53. The van der Waals surface area contributed by atoms with E-state index >= 15 is 0 Å². The van der Waals surface area contributed by atoms with E-state index in [-0.39, 0.29) is 0 Å². The van der Waals surface area contributed by atoms with Gasteiger partial charge in [0.25, 0.3) is 0 Å². The van der Waals surface area contributed by atoms with Gasteiger partial charge in [-0.15, -0.1) is 11.6 Å². The smallest absolute Gasteiger partial charge is 0.231 e. The van der Waals surface area contributed by atoms with Gasteiger partial charge in [0, 0.05) is 5.88 Å². The van der Waals surface area contributed by atoms with Gasteiger partial charge >= 0.3 is 0 Å². The molecule has 0 radical (unpaired) electrons. The second-order valence-corrected chi connectivity index (χ2v) is 6.84. The highest BCUT2D eigenvalue weighted by molar-refractivity contribution is 6.18. The Morgan fingerprint density at radius 1 is 1.21 bits per heavy atom. The van der Waals surface area contributed by atoms with Crippen LogP contribution in [0, 0.1) is 16.7 Å². The van der Waals surface area contributed by atoms with Gasteiger partial charge in [-0.05, 0) is 47.3 Å². The van der Waals surface area contributed by atoms with Crippen molar-refractivity contribution < 1.29 is 9.47 Å². The van der Waals surface area contributed by atoms with Crippen LogP contribution in [-0.4, -0.2) is 12.7 Å². The zero-order valence-electron chi connectivity index (χ0n) is 11.8. The summed E-state index contributed by atoms with van der Waals surface area (Å²) < 4.78 is 10.8. The molecule has 0 bridgehead atoms. The molecule has 1 saturated carbocycles. The van der Waals surface area contributed by atoms with Gasteiger partial charge in [0.05, 0.1) is 0 Å². The molecule has 1 aromatic carbocycles. The standard InChI is InChI=1S/C16H21ClO2/c1-15(2)14(9-17)16(15,3)7-6-11-4-5-12-13(8-11)19-10-18-12/h4-5,8,14H,6-7,9-10H2,1-3H3. The molecule has 0 aromatic heterocycles. The molecule has 0 saturated heterocycles. The SMILES string of the molecule is CC1(C)C(CCl)C1(C)CCc1ccc2c(c1)OCO2. The summed E-state index contributed by atoms with van der Waals surface area (Å²) in [5, 5.41) is 0. The normalized spacial score (nSPS) is 30.4. The number of rotatable bonds is 4. The largest absolute Gasteiger partial charge is 0.454 e. The molecule has 0 spiro atoms. The molecule has 1 aliphatic carbocycles. The molecule has 2 unspecified atom stereocenters. The summed E-state index contributed by atoms with van der Waals surface area (Å²) in [4.78, 5) is 0. The van der Waals surface area contributed by atoms with Crippen LogP contribution >= 0.6 is 11.6 Å². The maximum Gasteiger partial charge on any atom is 0.231 e. The van der Waals surface area contributed by atoms with E-state index in [1.807, 2.05) is 6.07 Å². The fraction of sp³-hybridized carbons (Fsp3) is 0.625. The van der Waals surface area contributed by atoms with Crippen LogP contribution in [0.15, 0.2) is 18.2 Å².